The first-order chi connectivity index (χ1) is 14.1. The van der Waals surface area contributed by atoms with Crippen molar-refractivity contribution in [3.05, 3.63) is 94.6 Å². The van der Waals surface area contributed by atoms with Crippen LogP contribution in [0, 0.1) is 19.7 Å². The van der Waals surface area contributed by atoms with Crippen molar-refractivity contribution in [3.63, 3.8) is 0 Å². The molecule has 2 aromatic heterocycles. The third kappa shape index (κ3) is 3.46. The summed E-state index contributed by atoms with van der Waals surface area (Å²) in [4.78, 5) is 7.21. The molecule has 0 aliphatic carbocycles. The number of benzene rings is 2. The molecule has 0 saturated heterocycles. The fourth-order valence-corrected chi connectivity index (χ4v) is 4.45. The van der Waals surface area contributed by atoms with E-state index < -0.39 is 0 Å². The van der Waals surface area contributed by atoms with Crippen molar-refractivity contribution in [3.8, 4) is 0 Å². The van der Waals surface area contributed by atoms with Gasteiger partial charge >= 0.3 is 0 Å². The highest BCUT2D eigenvalue weighted by molar-refractivity contribution is 5.93. The van der Waals surface area contributed by atoms with Crippen LogP contribution in [0.15, 0.2) is 60.8 Å². The summed E-state index contributed by atoms with van der Waals surface area (Å²) < 4.78 is 15.7. The molecule has 0 bridgehead atoms. The highest BCUT2D eigenvalue weighted by Crippen LogP contribution is 2.34. The van der Waals surface area contributed by atoms with Crippen molar-refractivity contribution in [2.24, 2.45) is 0 Å². The number of pyridine rings is 1. The summed E-state index contributed by atoms with van der Waals surface area (Å²) in [6.45, 7) is 6.88. The molecule has 2 aromatic carbocycles. The molecular formula is C25H25ClFN3. The number of anilines is 1. The number of aromatic nitrogens is 2. The predicted octanol–water partition coefficient (Wildman–Crippen LogP) is 5.83. The summed E-state index contributed by atoms with van der Waals surface area (Å²) in [5.41, 5.74) is 7.59. The summed E-state index contributed by atoms with van der Waals surface area (Å²) in [6, 6.07) is 17.6. The second-order valence-corrected chi connectivity index (χ2v) is 7.89. The molecule has 3 heterocycles. The number of halogens is 2. The normalized spacial score (nSPS) is 13.2. The van der Waals surface area contributed by atoms with E-state index in [1.54, 1.807) is 0 Å². The van der Waals surface area contributed by atoms with E-state index in [2.05, 4.69) is 53.6 Å². The van der Waals surface area contributed by atoms with E-state index in [1.165, 1.54) is 45.4 Å². The third-order valence-corrected chi connectivity index (χ3v) is 6.21. The summed E-state index contributed by atoms with van der Waals surface area (Å²) in [5.74, 6) is 0.837. The smallest absolute Gasteiger partial charge is 0.153 e. The zero-order valence-electron chi connectivity index (χ0n) is 17.2. The van der Waals surface area contributed by atoms with Gasteiger partial charge in [0.05, 0.1) is 5.52 Å². The number of aryl methyl sites for hydroxylation is 1. The van der Waals surface area contributed by atoms with Crippen LogP contribution < -0.4 is 4.90 Å². The van der Waals surface area contributed by atoms with E-state index in [4.69, 9.17) is 4.98 Å². The molecular weight excluding hydrogens is 397 g/mol. The average molecular weight is 422 g/mol. The molecule has 1 aliphatic rings. The summed E-state index contributed by atoms with van der Waals surface area (Å²) in [5, 5.41) is 1.24. The molecule has 1 aliphatic heterocycles. The lowest BCUT2D eigenvalue weighted by atomic mass is 10.00. The predicted molar refractivity (Wildman–Crippen MR) is 123 cm³/mol. The molecule has 0 fully saturated rings. The van der Waals surface area contributed by atoms with Crippen molar-refractivity contribution < 1.29 is 4.39 Å². The SMILES string of the molecule is Cc1c(C)n(Cc2ccc(F)cc2)c2c(N3CCc4ccccc4C3)nccc12.Cl. The molecule has 30 heavy (non-hydrogen) atoms. The molecule has 5 rings (SSSR count). The van der Waals surface area contributed by atoms with E-state index in [0.717, 1.165) is 30.9 Å². The van der Waals surface area contributed by atoms with E-state index in [0.29, 0.717) is 6.54 Å². The molecule has 5 heteroatoms. The van der Waals surface area contributed by atoms with Gasteiger partial charge in [-0.25, -0.2) is 9.37 Å². The summed E-state index contributed by atoms with van der Waals surface area (Å²) >= 11 is 0. The highest BCUT2D eigenvalue weighted by Gasteiger charge is 2.22. The quantitative estimate of drug-likeness (QED) is 0.415. The van der Waals surface area contributed by atoms with Gasteiger partial charge in [-0.2, -0.15) is 0 Å². The van der Waals surface area contributed by atoms with Gasteiger partial charge in [0, 0.05) is 36.9 Å². The lowest BCUT2D eigenvalue weighted by molar-refractivity contribution is 0.626. The monoisotopic (exact) mass is 421 g/mol. The average Bonchev–Trinajstić information content (AvgIpc) is 3.00. The van der Waals surface area contributed by atoms with Crippen LogP contribution in [0.4, 0.5) is 10.2 Å². The Kier molecular flexibility index (Phi) is 5.52. The van der Waals surface area contributed by atoms with Gasteiger partial charge in [0.15, 0.2) is 5.82 Å². The van der Waals surface area contributed by atoms with Crippen molar-refractivity contribution in [1.29, 1.82) is 0 Å². The first kappa shape index (κ1) is 20.4. The Balaban J connectivity index is 0.00000218. The van der Waals surface area contributed by atoms with E-state index >= 15 is 0 Å². The number of fused-ring (bicyclic) bond motifs is 2. The van der Waals surface area contributed by atoms with Crippen LogP contribution in [-0.2, 0) is 19.5 Å². The Morgan fingerprint density at radius 2 is 1.70 bits per heavy atom. The van der Waals surface area contributed by atoms with Gasteiger partial charge < -0.3 is 9.47 Å². The van der Waals surface area contributed by atoms with Crippen molar-refractivity contribution in [2.75, 3.05) is 11.4 Å². The van der Waals surface area contributed by atoms with Crippen LogP contribution in [0.1, 0.15) is 27.9 Å². The lowest BCUT2D eigenvalue weighted by Gasteiger charge is -2.30. The Morgan fingerprint density at radius 1 is 0.967 bits per heavy atom. The molecule has 0 N–H and O–H groups in total. The van der Waals surface area contributed by atoms with Crippen LogP contribution in [0.5, 0.6) is 0 Å². The van der Waals surface area contributed by atoms with Crippen LogP contribution in [0.3, 0.4) is 0 Å². The summed E-state index contributed by atoms with van der Waals surface area (Å²) in [6.07, 6.45) is 2.96. The highest BCUT2D eigenvalue weighted by atomic mass is 35.5. The van der Waals surface area contributed by atoms with Crippen LogP contribution in [0.2, 0.25) is 0 Å². The van der Waals surface area contributed by atoms with Crippen molar-refractivity contribution in [2.45, 2.75) is 33.4 Å². The number of hydrogen-bond acceptors (Lipinski definition) is 2. The zero-order chi connectivity index (χ0) is 20.0. The minimum Gasteiger partial charge on any atom is -0.350 e. The van der Waals surface area contributed by atoms with Gasteiger partial charge in [-0.1, -0.05) is 36.4 Å². The molecule has 0 unspecified atom stereocenters. The third-order valence-electron chi connectivity index (χ3n) is 6.21. The number of nitrogens with zero attached hydrogens (tertiary/aromatic N) is 3. The van der Waals surface area contributed by atoms with Crippen LogP contribution in [-0.4, -0.2) is 16.1 Å². The fourth-order valence-electron chi connectivity index (χ4n) is 4.45. The van der Waals surface area contributed by atoms with Crippen molar-refractivity contribution >= 4 is 29.1 Å². The van der Waals surface area contributed by atoms with Gasteiger partial charge in [-0.15, -0.1) is 12.4 Å². The topological polar surface area (TPSA) is 21.1 Å². The second-order valence-electron chi connectivity index (χ2n) is 7.89. The molecule has 0 saturated carbocycles. The largest absolute Gasteiger partial charge is 0.350 e. The maximum Gasteiger partial charge on any atom is 0.153 e. The van der Waals surface area contributed by atoms with Crippen LogP contribution >= 0.6 is 12.4 Å². The maximum atomic E-state index is 13.4. The molecule has 3 nitrogen and oxygen atoms in total. The summed E-state index contributed by atoms with van der Waals surface area (Å²) in [7, 11) is 0. The first-order valence-corrected chi connectivity index (χ1v) is 10.1. The Bertz CT molecular complexity index is 1200. The Labute approximate surface area is 182 Å². The molecule has 0 amide bonds. The van der Waals surface area contributed by atoms with Crippen molar-refractivity contribution in [1.82, 2.24) is 9.55 Å². The maximum absolute atomic E-state index is 13.4. The van der Waals surface area contributed by atoms with E-state index in [9.17, 15) is 4.39 Å². The van der Waals surface area contributed by atoms with Crippen LogP contribution in [0.25, 0.3) is 10.9 Å². The lowest BCUT2D eigenvalue weighted by Crippen LogP contribution is -2.31. The number of hydrogen-bond donors (Lipinski definition) is 0. The minimum absolute atomic E-state index is 0. The Hall–Kier alpha value is -2.85. The molecule has 4 aromatic rings. The minimum atomic E-state index is -0.201. The van der Waals surface area contributed by atoms with Gasteiger partial charge in [-0.05, 0) is 60.7 Å². The van der Waals surface area contributed by atoms with Gasteiger partial charge in [-0.3, -0.25) is 0 Å². The number of rotatable bonds is 3. The standard InChI is InChI=1S/C25H24FN3.ClH/c1-17-18(2)29(15-19-7-9-22(26)10-8-19)24-23(17)11-13-27-25(24)28-14-12-20-5-3-4-6-21(20)16-28;/h3-11,13H,12,14-16H2,1-2H3;1H. The second kappa shape index (κ2) is 8.11. The molecule has 0 radical (unpaired) electrons. The van der Waals surface area contributed by atoms with Gasteiger partial charge in [0.25, 0.3) is 0 Å². The zero-order valence-corrected chi connectivity index (χ0v) is 18.0. The van der Waals surface area contributed by atoms with E-state index in [-0.39, 0.29) is 18.2 Å². The first-order valence-electron chi connectivity index (χ1n) is 10.1. The molecule has 154 valence electrons. The van der Waals surface area contributed by atoms with E-state index in [1.807, 2.05) is 18.3 Å². The van der Waals surface area contributed by atoms with Gasteiger partial charge in [0.2, 0.25) is 0 Å². The molecule has 0 spiro atoms. The fraction of sp³-hybridized carbons (Fsp3) is 0.240. The molecule has 0 atom stereocenters. The van der Waals surface area contributed by atoms with Gasteiger partial charge in [0.1, 0.15) is 5.82 Å². The Morgan fingerprint density at radius 3 is 2.47 bits per heavy atom.